The van der Waals surface area contributed by atoms with Gasteiger partial charge in [-0.3, -0.25) is 0 Å². The Bertz CT molecular complexity index is 634. The molecule has 0 atom stereocenters. The zero-order valence-corrected chi connectivity index (χ0v) is 14.2. The monoisotopic (exact) mass is 323 g/mol. The maximum Gasteiger partial charge on any atom is 0.164 e. The molecule has 5 heteroatoms. The van der Waals surface area contributed by atoms with Crippen molar-refractivity contribution in [2.75, 3.05) is 11.9 Å². The Morgan fingerprint density at radius 2 is 1.76 bits per heavy atom. The van der Waals surface area contributed by atoms with Gasteiger partial charge in [0.2, 0.25) is 0 Å². The van der Waals surface area contributed by atoms with Gasteiger partial charge in [-0.25, -0.2) is 9.97 Å². The summed E-state index contributed by atoms with van der Waals surface area (Å²) < 4.78 is 0. The minimum atomic E-state index is 0.342. The summed E-state index contributed by atoms with van der Waals surface area (Å²) in [7, 11) is 0. The Labute approximate surface area is 135 Å². The standard InChI is InChI=1S/C16H19Cl2N3/c1-5-19-15-13(9(2)3)10(4)20-16(21-15)14-11(17)7-6-8-12(14)18/h6-9H,5H2,1-4H3,(H,19,20,21). The molecule has 0 aliphatic carbocycles. The quantitative estimate of drug-likeness (QED) is 0.828. The van der Waals surface area contributed by atoms with Gasteiger partial charge in [-0.05, 0) is 31.9 Å². The number of anilines is 1. The van der Waals surface area contributed by atoms with E-state index >= 15 is 0 Å². The summed E-state index contributed by atoms with van der Waals surface area (Å²) in [5.74, 6) is 1.75. The van der Waals surface area contributed by atoms with E-state index in [9.17, 15) is 0 Å². The minimum absolute atomic E-state index is 0.342. The Hall–Kier alpha value is -1.32. The number of aromatic nitrogens is 2. The molecule has 21 heavy (non-hydrogen) atoms. The molecule has 0 amide bonds. The van der Waals surface area contributed by atoms with Crippen LogP contribution in [0.15, 0.2) is 18.2 Å². The lowest BCUT2D eigenvalue weighted by Gasteiger charge is -2.17. The van der Waals surface area contributed by atoms with Crippen LogP contribution in [0.2, 0.25) is 10.0 Å². The third-order valence-corrected chi connectivity index (χ3v) is 3.87. The molecule has 0 aliphatic heterocycles. The number of rotatable bonds is 4. The smallest absolute Gasteiger partial charge is 0.164 e. The first-order chi connectivity index (χ1) is 9.95. The van der Waals surface area contributed by atoms with Gasteiger partial charge in [0.05, 0.1) is 15.6 Å². The maximum atomic E-state index is 6.26. The molecule has 0 bridgehead atoms. The number of hydrogen-bond donors (Lipinski definition) is 1. The van der Waals surface area contributed by atoms with Crippen LogP contribution in [0, 0.1) is 6.92 Å². The lowest BCUT2D eigenvalue weighted by atomic mass is 10.0. The molecule has 0 saturated carbocycles. The Balaban J connectivity index is 2.66. The number of aryl methyl sites for hydroxylation is 1. The molecule has 0 saturated heterocycles. The Morgan fingerprint density at radius 3 is 2.29 bits per heavy atom. The van der Waals surface area contributed by atoms with Crippen molar-refractivity contribution in [3.05, 3.63) is 39.5 Å². The second-order valence-electron chi connectivity index (χ2n) is 5.18. The second-order valence-corrected chi connectivity index (χ2v) is 5.99. The van der Waals surface area contributed by atoms with Crippen molar-refractivity contribution in [1.29, 1.82) is 0 Å². The van der Waals surface area contributed by atoms with E-state index in [1.54, 1.807) is 12.1 Å². The molecule has 2 aromatic rings. The van der Waals surface area contributed by atoms with Crippen molar-refractivity contribution in [1.82, 2.24) is 9.97 Å². The van der Waals surface area contributed by atoms with Crippen molar-refractivity contribution in [2.24, 2.45) is 0 Å². The molecule has 1 N–H and O–H groups in total. The van der Waals surface area contributed by atoms with Crippen LogP contribution in [0.1, 0.15) is 37.9 Å². The van der Waals surface area contributed by atoms with Crippen LogP contribution in [0.4, 0.5) is 5.82 Å². The molecule has 112 valence electrons. The fraction of sp³-hybridized carbons (Fsp3) is 0.375. The predicted octanol–water partition coefficient (Wildman–Crippen LogP) is 5.31. The van der Waals surface area contributed by atoms with Crippen molar-refractivity contribution in [3.8, 4) is 11.4 Å². The molecule has 0 aliphatic rings. The number of nitrogens with zero attached hydrogens (tertiary/aromatic N) is 2. The SMILES string of the molecule is CCNc1nc(-c2c(Cl)cccc2Cl)nc(C)c1C(C)C. The number of nitrogens with one attached hydrogen (secondary N) is 1. The number of halogens is 2. The van der Waals surface area contributed by atoms with Crippen LogP contribution in [0.25, 0.3) is 11.4 Å². The fourth-order valence-corrected chi connectivity index (χ4v) is 2.96. The molecule has 1 aromatic carbocycles. The third-order valence-electron chi connectivity index (χ3n) is 3.24. The first kappa shape index (κ1) is 16.1. The number of hydrogen-bond acceptors (Lipinski definition) is 3. The van der Waals surface area contributed by atoms with Crippen LogP contribution >= 0.6 is 23.2 Å². The predicted molar refractivity (Wildman–Crippen MR) is 90.5 cm³/mol. The Morgan fingerprint density at radius 1 is 1.14 bits per heavy atom. The van der Waals surface area contributed by atoms with Gasteiger partial charge in [-0.15, -0.1) is 0 Å². The van der Waals surface area contributed by atoms with Gasteiger partial charge in [0, 0.05) is 17.8 Å². The summed E-state index contributed by atoms with van der Waals surface area (Å²) in [6.45, 7) is 9.10. The zero-order chi connectivity index (χ0) is 15.6. The summed E-state index contributed by atoms with van der Waals surface area (Å²) in [6, 6.07) is 5.41. The van der Waals surface area contributed by atoms with Crippen molar-refractivity contribution >= 4 is 29.0 Å². The minimum Gasteiger partial charge on any atom is -0.370 e. The van der Waals surface area contributed by atoms with Crippen LogP contribution < -0.4 is 5.32 Å². The molecular weight excluding hydrogens is 305 g/mol. The highest BCUT2D eigenvalue weighted by atomic mass is 35.5. The topological polar surface area (TPSA) is 37.8 Å². The first-order valence-corrected chi connectivity index (χ1v) is 7.78. The summed E-state index contributed by atoms with van der Waals surface area (Å²) in [5.41, 5.74) is 2.75. The van der Waals surface area contributed by atoms with E-state index in [-0.39, 0.29) is 0 Å². The van der Waals surface area contributed by atoms with E-state index in [1.165, 1.54) is 0 Å². The molecule has 0 radical (unpaired) electrons. The fourth-order valence-electron chi connectivity index (χ4n) is 2.40. The van der Waals surface area contributed by atoms with Crippen LogP contribution in [0.3, 0.4) is 0 Å². The molecule has 1 aromatic heterocycles. The molecule has 0 unspecified atom stereocenters. The van der Waals surface area contributed by atoms with Gasteiger partial charge in [0.1, 0.15) is 5.82 Å². The van der Waals surface area contributed by atoms with E-state index in [0.717, 1.165) is 23.6 Å². The molecule has 1 heterocycles. The highest BCUT2D eigenvalue weighted by Gasteiger charge is 2.18. The summed E-state index contributed by atoms with van der Waals surface area (Å²) >= 11 is 12.5. The first-order valence-electron chi connectivity index (χ1n) is 7.02. The summed E-state index contributed by atoms with van der Waals surface area (Å²) in [4.78, 5) is 9.25. The summed E-state index contributed by atoms with van der Waals surface area (Å²) in [6.07, 6.45) is 0. The lowest BCUT2D eigenvalue weighted by Crippen LogP contribution is -2.09. The van der Waals surface area contributed by atoms with E-state index in [2.05, 4.69) is 29.1 Å². The molecular formula is C16H19Cl2N3. The van der Waals surface area contributed by atoms with Crippen molar-refractivity contribution in [3.63, 3.8) is 0 Å². The average Bonchev–Trinajstić information content (AvgIpc) is 2.37. The van der Waals surface area contributed by atoms with E-state index in [1.807, 2.05) is 19.9 Å². The largest absolute Gasteiger partial charge is 0.370 e. The zero-order valence-electron chi connectivity index (χ0n) is 12.7. The molecule has 3 nitrogen and oxygen atoms in total. The molecule has 0 fully saturated rings. The van der Waals surface area contributed by atoms with Crippen LogP contribution in [-0.2, 0) is 0 Å². The van der Waals surface area contributed by atoms with Gasteiger partial charge in [0.15, 0.2) is 5.82 Å². The second kappa shape index (κ2) is 6.63. The van der Waals surface area contributed by atoms with Crippen LogP contribution in [-0.4, -0.2) is 16.5 Å². The summed E-state index contributed by atoms with van der Waals surface area (Å²) in [5, 5.41) is 4.42. The average molecular weight is 324 g/mol. The van der Waals surface area contributed by atoms with E-state index < -0.39 is 0 Å². The third kappa shape index (κ3) is 3.30. The van der Waals surface area contributed by atoms with Gasteiger partial charge in [-0.1, -0.05) is 43.1 Å². The molecule has 2 rings (SSSR count). The van der Waals surface area contributed by atoms with Crippen LogP contribution in [0.5, 0.6) is 0 Å². The highest BCUT2D eigenvalue weighted by Crippen LogP contribution is 2.35. The lowest BCUT2D eigenvalue weighted by molar-refractivity contribution is 0.831. The van der Waals surface area contributed by atoms with Gasteiger partial charge >= 0.3 is 0 Å². The highest BCUT2D eigenvalue weighted by molar-refractivity contribution is 6.38. The van der Waals surface area contributed by atoms with Gasteiger partial charge < -0.3 is 5.32 Å². The molecule has 0 spiro atoms. The van der Waals surface area contributed by atoms with Crippen molar-refractivity contribution < 1.29 is 0 Å². The maximum absolute atomic E-state index is 6.26. The van der Waals surface area contributed by atoms with Gasteiger partial charge in [0.25, 0.3) is 0 Å². The van der Waals surface area contributed by atoms with Gasteiger partial charge in [-0.2, -0.15) is 0 Å². The van der Waals surface area contributed by atoms with Crippen molar-refractivity contribution in [2.45, 2.75) is 33.6 Å². The Kier molecular flexibility index (Phi) is 5.07. The van der Waals surface area contributed by atoms with E-state index in [4.69, 9.17) is 23.2 Å². The number of benzene rings is 1. The van der Waals surface area contributed by atoms with E-state index in [0.29, 0.717) is 27.4 Å². The normalized spacial score (nSPS) is 11.0.